The van der Waals surface area contributed by atoms with Gasteiger partial charge >= 0.3 is 0 Å². The Balaban J connectivity index is 1.36. The molecule has 5 nitrogen and oxygen atoms in total. The third-order valence-electron chi connectivity index (χ3n) is 5.31. The fourth-order valence-electron chi connectivity index (χ4n) is 3.73. The number of rotatable bonds is 3. The molecule has 2 heterocycles. The highest BCUT2D eigenvalue weighted by Crippen LogP contribution is 2.23. The first-order valence-corrected chi connectivity index (χ1v) is 10.1. The second kappa shape index (κ2) is 7.74. The van der Waals surface area contributed by atoms with Gasteiger partial charge in [0.05, 0.1) is 12.1 Å². The monoisotopic (exact) mass is 414 g/mol. The number of benzene rings is 1. The molecule has 0 atom stereocenters. The van der Waals surface area contributed by atoms with Crippen molar-refractivity contribution in [3.8, 4) is 0 Å². The quantitative estimate of drug-likeness (QED) is 0.774. The van der Waals surface area contributed by atoms with Gasteiger partial charge in [-0.2, -0.15) is 5.10 Å². The second-order valence-corrected chi connectivity index (χ2v) is 7.87. The van der Waals surface area contributed by atoms with Gasteiger partial charge in [-0.15, -0.1) is 5.10 Å². The van der Waals surface area contributed by atoms with Crippen LogP contribution in [0, 0.1) is 0 Å². The predicted octanol–water partition coefficient (Wildman–Crippen LogP) is 3.01. The van der Waals surface area contributed by atoms with Gasteiger partial charge in [0.1, 0.15) is 0 Å². The first kappa shape index (κ1) is 17.5. The van der Waals surface area contributed by atoms with E-state index in [1.165, 1.54) is 24.1 Å². The maximum Gasteiger partial charge on any atom is 0.227 e. The summed E-state index contributed by atoms with van der Waals surface area (Å²) in [6.45, 7) is 3.11. The van der Waals surface area contributed by atoms with Crippen molar-refractivity contribution in [3.63, 3.8) is 0 Å². The van der Waals surface area contributed by atoms with Crippen molar-refractivity contribution >= 4 is 27.7 Å². The molecule has 6 heteroatoms. The van der Waals surface area contributed by atoms with Crippen molar-refractivity contribution in [2.75, 3.05) is 31.1 Å². The van der Waals surface area contributed by atoms with E-state index in [0.717, 1.165) is 54.9 Å². The first-order chi connectivity index (χ1) is 12.7. The third kappa shape index (κ3) is 3.75. The maximum atomic E-state index is 12.6. The fourth-order valence-corrected chi connectivity index (χ4v) is 4.16. The normalized spacial score (nSPS) is 17.1. The van der Waals surface area contributed by atoms with Crippen molar-refractivity contribution in [2.45, 2.75) is 32.1 Å². The number of hydrogen-bond acceptors (Lipinski definition) is 4. The Morgan fingerprint density at radius 3 is 2.62 bits per heavy atom. The number of piperazine rings is 1. The van der Waals surface area contributed by atoms with Crippen LogP contribution in [0.4, 0.5) is 5.82 Å². The van der Waals surface area contributed by atoms with Crippen LogP contribution < -0.4 is 4.90 Å². The van der Waals surface area contributed by atoms with Crippen LogP contribution in [0.5, 0.6) is 0 Å². The summed E-state index contributed by atoms with van der Waals surface area (Å²) in [6.07, 6.45) is 5.08. The Kier molecular flexibility index (Phi) is 5.20. The zero-order valence-electron chi connectivity index (χ0n) is 14.8. The minimum Gasteiger partial charge on any atom is -0.352 e. The van der Waals surface area contributed by atoms with Gasteiger partial charge in [-0.05, 0) is 48.9 Å². The Morgan fingerprint density at radius 2 is 1.81 bits per heavy atom. The Hall–Kier alpha value is -1.95. The lowest BCUT2D eigenvalue weighted by Crippen LogP contribution is -2.49. The van der Waals surface area contributed by atoms with E-state index in [1.807, 2.05) is 29.2 Å². The average molecular weight is 415 g/mol. The van der Waals surface area contributed by atoms with Gasteiger partial charge in [0.25, 0.3) is 0 Å². The number of carbonyl (C=O) groups excluding carboxylic acids is 1. The average Bonchev–Trinajstić information content (AvgIpc) is 2.69. The number of amides is 1. The molecule has 1 aromatic heterocycles. The van der Waals surface area contributed by atoms with Crippen LogP contribution in [-0.4, -0.2) is 47.2 Å². The number of nitrogens with zero attached hydrogens (tertiary/aromatic N) is 4. The minimum atomic E-state index is 0.188. The molecule has 26 heavy (non-hydrogen) atoms. The standard InChI is InChI=1S/C20H23BrN4O/c21-17-7-3-1-5-15(17)14-20(26)25-11-9-24(10-12-25)19-13-16-6-2-4-8-18(16)22-23-19/h1,3,5,7,13H,2,4,6,8-12,14H2. The zero-order valence-corrected chi connectivity index (χ0v) is 16.4. The molecule has 1 fully saturated rings. The molecule has 1 aliphatic carbocycles. The molecule has 4 rings (SSSR count). The summed E-state index contributed by atoms with van der Waals surface area (Å²) in [7, 11) is 0. The molecule has 0 spiro atoms. The summed E-state index contributed by atoms with van der Waals surface area (Å²) in [6, 6.07) is 10.1. The van der Waals surface area contributed by atoms with Gasteiger partial charge in [-0.25, -0.2) is 0 Å². The number of carbonyl (C=O) groups is 1. The molecular weight excluding hydrogens is 392 g/mol. The molecule has 2 aromatic rings. The second-order valence-electron chi connectivity index (χ2n) is 7.02. The van der Waals surface area contributed by atoms with Crippen molar-refractivity contribution < 1.29 is 4.79 Å². The van der Waals surface area contributed by atoms with Crippen molar-refractivity contribution in [2.24, 2.45) is 0 Å². The van der Waals surface area contributed by atoms with Gasteiger partial charge in [-0.1, -0.05) is 34.1 Å². The molecule has 136 valence electrons. The topological polar surface area (TPSA) is 49.3 Å². The third-order valence-corrected chi connectivity index (χ3v) is 6.09. The summed E-state index contributed by atoms with van der Waals surface area (Å²) in [5.41, 5.74) is 3.57. The van der Waals surface area contributed by atoms with Crippen LogP contribution in [0.3, 0.4) is 0 Å². The van der Waals surface area contributed by atoms with E-state index < -0.39 is 0 Å². The number of aryl methyl sites for hydroxylation is 2. The van der Waals surface area contributed by atoms with E-state index in [9.17, 15) is 4.79 Å². The van der Waals surface area contributed by atoms with Crippen LogP contribution >= 0.6 is 15.9 Å². The van der Waals surface area contributed by atoms with Gasteiger partial charge in [0.15, 0.2) is 5.82 Å². The number of hydrogen-bond donors (Lipinski definition) is 0. The van der Waals surface area contributed by atoms with Crippen LogP contribution in [0.1, 0.15) is 29.7 Å². The number of halogens is 1. The number of anilines is 1. The molecule has 0 radical (unpaired) electrons. The van der Waals surface area contributed by atoms with Crippen molar-refractivity contribution in [1.29, 1.82) is 0 Å². The maximum absolute atomic E-state index is 12.6. The molecule has 1 saturated heterocycles. The highest BCUT2D eigenvalue weighted by molar-refractivity contribution is 9.10. The van der Waals surface area contributed by atoms with E-state index in [2.05, 4.69) is 37.1 Å². The van der Waals surface area contributed by atoms with Gasteiger partial charge in [0, 0.05) is 30.7 Å². The highest BCUT2D eigenvalue weighted by atomic mass is 79.9. The van der Waals surface area contributed by atoms with Crippen LogP contribution in [0.25, 0.3) is 0 Å². The minimum absolute atomic E-state index is 0.188. The molecule has 0 N–H and O–H groups in total. The molecule has 0 unspecified atom stereocenters. The molecule has 1 amide bonds. The molecule has 1 aromatic carbocycles. The van der Waals surface area contributed by atoms with Gasteiger partial charge in [-0.3, -0.25) is 4.79 Å². The van der Waals surface area contributed by atoms with Crippen LogP contribution in [-0.2, 0) is 24.1 Å². The lowest BCUT2D eigenvalue weighted by Gasteiger charge is -2.35. The molecule has 0 saturated carbocycles. The fraction of sp³-hybridized carbons (Fsp3) is 0.450. The van der Waals surface area contributed by atoms with E-state index in [-0.39, 0.29) is 5.91 Å². The summed E-state index contributed by atoms with van der Waals surface area (Å²) >= 11 is 3.52. The van der Waals surface area contributed by atoms with E-state index in [0.29, 0.717) is 6.42 Å². The largest absolute Gasteiger partial charge is 0.352 e. The smallest absolute Gasteiger partial charge is 0.227 e. The number of aromatic nitrogens is 2. The van der Waals surface area contributed by atoms with E-state index in [4.69, 9.17) is 0 Å². The Morgan fingerprint density at radius 1 is 1.04 bits per heavy atom. The van der Waals surface area contributed by atoms with Crippen LogP contribution in [0.15, 0.2) is 34.8 Å². The molecule has 0 bridgehead atoms. The van der Waals surface area contributed by atoms with Gasteiger partial charge in [0.2, 0.25) is 5.91 Å². The Bertz CT molecular complexity index is 802. The van der Waals surface area contributed by atoms with Gasteiger partial charge < -0.3 is 9.80 Å². The van der Waals surface area contributed by atoms with E-state index >= 15 is 0 Å². The van der Waals surface area contributed by atoms with Crippen molar-refractivity contribution in [1.82, 2.24) is 15.1 Å². The summed E-state index contributed by atoms with van der Waals surface area (Å²) in [4.78, 5) is 16.8. The number of fused-ring (bicyclic) bond motifs is 1. The molecule has 2 aliphatic rings. The van der Waals surface area contributed by atoms with E-state index in [1.54, 1.807) is 0 Å². The lowest BCUT2D eigenvalue weighted by molar-refractivity contribution is -0.130. The lowest BCUT2D eigenvalue weighted by atomic mass is 9.97. The van der Waals surface area contributed by atoms with Crippen LogP contribution in [0.2, 0.25) is 0 Å². The Labute approximate surface area is 162 Å². The zero-order chi connectivity index (χ0) is 17.9. The predicted molar refractivity (Wildman–Crippen MR) is 105 cm³/mol. The summed E-state index contributed by atoms with van der Waals surface area (Å²) < 4.78 is 0.997. The first-order valence-electron chi connectivity index (χ1n) is 9.32. The summed E-state index contributed by atoms with van der Waals surface area (Å²) in [5.74, 6) is 1.15. The highest BCUT2D eigenvalue weighted by Gasteiger charge is 2.23. The SMILES string of the molecule is O=C(Cc1ccccc1Br)N1CCN(c2cc3c(nn2)CCCC3)CC1. The molecular formula is C20H23BrN4O. The summed E-state index contributed by atoms with van der Waals surface area (Å²) in [5, 5.41) is 8.87. The molecule has 1 aliphatic heterocycles. The van der Waals surface area contributed by atoms with Crippen molar-refractivity contribution in [3.05, 3.63) is 51.6 Å².